The lowest BCUT2D eigenvalue weighted by molar-refractivity contribution is 0.289. The van der Waals surface area contributed by atoms with Gasteiger partial charge in [-0.25, -0.2) is 0 Å². The Morgan fingerprint density at radius 3 is 2.06 bits per heavy atom. The maximum atomic E-state index is 3.61. The molecule has 0 amide bonds. The van der Waals surface area contributed by atoms with Gasteiger partial charge in [0.2, 0.25) is 0 Å². The van der Waals surface area contributed by atoms with Gasteiger partial charge in [0.25, 0.3) is 0 Å². The Bertz CT molecular complexity index is 397. The van der Waals surface area contributed by atoms with Crippen LogP contribution in [-0.4, -0.2) is 12.1 Å². The average molecular weight is 247 g/mol. The predicted octanol–water partition coefficient (Wildman–Crippen LogP) is 4.26. The van der Waals surface area contributed by atoms with Gasteiger partial charge in [0, 0.05) is 12.1 Å². The molecule has 0 aromatic heterocycles. The molecular formula is C17H29N. The largest absolute Gasteiger partial charge is 0.312 e. The zero-order chi connectivity index (χ0) is 14.0. The van der Waals surface area contributed by atoms with Crippen LogP contribution in [0.4, 0.5) is 0 Å². The van der Waals surface area contributed by atoms with Crippen molar-refractivity contribution in [3.63, 3.8) is 0 Å². The quantitative estimate of drug-likeness (QED) is 0.838. The highest BCUT2D eigenvalue weighted by Crippen LogP contribution is 2.23. The van der Waals surface area contributed by atoms with Gasteiger partial charge in [-0.05, 0) is 63.1 Å². The number of aryl methyl sites for hydroxylation is 2. The van der Waals surface area contributed by atoms with E-state index in [2.05, 4.69) is 72.0 Å². The summed E-state index contributed by atoms with van der Waals surface area (Å²) in [6, 6.07) is 6.83. The monoisotopic (exact) mass is 247 g/mol. The minimum Gasteiger partial charge on any atom is -0.312 e. The lowest BCUT2D eigenvalue weighted by Crippen LogP contribution is -2.42. The van der Waals surface area contributed by atoms with Gasteiger partial charge in [0.15, 0.2) is 0 Å². The van der Waals surface area contributed by atoms with Crippen molar-refractivity contribution in [3.05, 3.63) is 34.9 Å². The molecule has 0 heterocycles. The summed E-state index contributed by atoms with van der Waals surface area (Å²) in [4.78, 5) is 0. The van der Waals surface area contributed by atoms with Crippen molar-refractivity contribution in [2.24, 2.45) is 5.41 Å². The molecule has 0 saturated carbocycles. The minimum atomic E-state index is 0.195. The van der Waals surface area contributed by atoms with E-state index in [9.17, 15) is 0 Å². The van der Waals surface area contributed by atoms with Gasteiger partial charge in [-0.1, -0.05) is 32.0 Å². The van der Waals surface area contributed by atoms with Crippen LogP contribution in [0.15, 0.2) is 18.2 Å². The highest BCUT2D eigenvalue weighted by Gasteiger charge is 2.21. The van der Waals surface area contributed by atoms with Gasteiger partial charge in [-0.2, -0.15) is 0 Å². The van der Waals surface area contributed by atoms with Gasteiger partial charge in [-0.3, -0.25) is 0 Å². The Balaban J connectivity index is 2.67. The standard InChI is InChI=1S/C17H29N/c1-13-8-9-15(10-14(13)2)11-17(6,7)12-18-16(3,4)5/h8-10,18H,11-12H2,1-7H3. The Morgan fingerprint density at radius 1 is 0.944 bits per heavy atom. The Labute approximate surface area is 113 Å². The molecule has 0 spiro atoms. The molecule has 1 aromatic rings. The van der Waals surface area contributed by atoms with Gasteiger partial charge in [0.1, 0.15) is 0 Å². The third-order valence-electron chi connectivity index (χ3n) is 3.35. The van der Waals surface area contributed by atoms with Gasteiger partial charge < -0.3 is 5.32 Å². The summed E-state index contributed by atoms with van der Waals surface area (Å²) >= 11 is 0. The van der Waals surface area contributed by atoms with Crippen LogP contribution < -0.4 is 5.32 Å². The summed E-state index contributed by atoms with van der Waals surface area (Å²) in [5, 5.41) is 3.61. The van der Waals surface area contributed by atoms with Gasteiger partial charge >= 0.3 is 0 Å². The fraction of sp³-hybridized carbons (Fsp3) is 0.647. The fourth-order valence-corrected chi connectivity index (χ4v) is 2.03. The summed E-state index contributed by atoms with van der Waals surface area (Å²) in [7, 11) is 0. The van der Waals surface area contributed by atoms with Crippen molar-refractivity contribution in [3.8, 4) is 0 Å². The molecule has 1 aromatic carbocycles. The second kappa shape index (κ2) is 5.44. The lowest BCUT2D eigenvalue weighted by Gasteiger charge is -2.30. The fourth-order valence-electron chi connectivity index (χ4n) is 2.03. The molecule has 18 heavy (non-hydrogen) atoms. The van der Waals surface area contributed by atoms with E-state index in [0.29, 0.717) is 0 Å². The van der Waals surface area contributed by atoms with Crippen LogP contribution in [0, 0.1) is 19.3 Å². The third kappa shape index (κ3) is 5.22. The highest BCUT2D eigenvalue weighted by molar-refractivity contribution is 5.30. The summed E-state index contributed by atoms with van der Waals surface area (Å²) in [5.41, 5.74) is 4.70. The summed E-state index contributed by atoms with van der Waals surface area (Å²) < 4.78 is 0. The van der Waals surface area contributed by atoms with E-state index in [0.717, 1.165) is 13.0 Å². The van der Waals surface area contributed by atoms with Crippen molar-refractivity contribution in [1.82, 2.24) is 5.32 Å². The van der Waals surface area contributed by atoms with Crippen LogP contribution in [0.2, 0.25) is 0 Å². The van der Waals surface area contributed by atoms with Crippen LogP contribution in [0.5, 0.6) is 0 Å². The maximum absolute atomic E-state index is 3.61. The Morgan fingerprint density at radius 2 is 1.56 bits per heavy atom. The first-order valence-corrected chi connectivity index (χ1v) is 6.90. The van der Waals surface area contributed by atoms with E-state index in [1.165, 1.54) is 16.7 Å². The highest BCUT2D eigenvalue weighted by atomic mass is 14.9. The molecule has 0 bridgehead atoms. The SMILES string of the molecule is Cc1ccc(CC(C)(C)CNC(C)(C)C)cc1C. The van der Waals surface area contributed by atoms with E-state index >= 15 is 0 Å². The number of rotatable bonds is 4. The normalized spacial score (nSPS) is 12.8. The number of hydrogen-bond acceptors (Lipinski definition) is 1. The van der Waals surface area contributed by atoms with Crippen LogP contribution in [0.25, 0.3) is 0 Å². The molecule has 1 N–H and O–H groups in total. The van der Waals surface area contributed by atoms with Gasteiger partial charge in [0.05, 0.1) is 0 Å². The second-order valence-corrected chi connectivity index (χ2v) is 7.36. The first-order chi connectivity index (χ1) is 8.09. The summed E-state index contributed by atoms with van der Waals surface area (Å²) in [5.74, 6) is 0. The van der Waals surface area contributed by atoms with Crippen LogP contribution in [-0.2, 0) is 6.42 Å². The Hall–Kier alpha value is -0.820. The molecule has 1 rings (SSSR count). The van der Waals surface area contributed by atoms with E-state index in [1.807, 2.05) is 0 Å². The summed E-state index contributed by atoms with van der Waals surface area (Å²) in [6.07, 6.45) is 1.12. The van der Waals surface area contributed by atoms with E-state index < -0.39 is 0 Å². The third-order valence-corrected chi connectivity index (χ3v) is 3.35. The molecule has 0 unspecified atom stereocenters. The molecule has 0 saturated heterocycles. The second-order valence-electron chi connectivity index (χ2n) is 7.36. The molecule has 0 fully saturated rings. The van der Waals surface area contributed by atoms with E-state index in [1.54, 1.807) is 0 Å². The first-order valence-electron chi connectivity index (χ1n) is 6.90. The van der Waals surface area contributed by atoms with Gasteiger partial charge in [-0.15, -0.1) is 0 Å². The maximum Gasteiger partial charge on any atom is 0.00967 e. The van der Waals surface area contributed by atoms with Crippen LogP contribution in [0.1, 0.15) is 51.3 Å². The first kappa shape index (κ1) is 15.2. The van der Waals surface area contributed by atoms with Crippen LogP contribution >= 0.6 is 0 Å². The number of nitrogens with one attached hydrogen (secondary N) is 1. The van der Waals surface area contributed by atoms with E-state index in [-0.39, 0.29) is 11.0 Å². The molecule has 0 aliphatic carbocycles. The van der Waals surface area contributed by atoms with Crippen LogP contribution in [0.3, 0.4) is 0 Å². The molecule has 1 heteroatoms. The molecular weight excluding hydrogens is 218 g/mol. The molecule has 1 nitrogen and oxygen atoms in total. The zero-order valence-corrected chi connectivity index (χ0v) is 13.1. The zero-order valence-electron chi connectivity index (χ0n) is 13.1. The van der Waals surface area contributed by atoms with Crippen molar-refractivity contribution in [2.45, 2.75) is 60.4 Å². The predicted molar refractivity (Wildman–Crippen MR) is 81.2 cm³/mol. The Kier molecular flexibility index (Phi) is 4.61. The molecule has 0 atom stereocenters. The molecule has 0 aliphatic rings. The van der Waals surface area contributed by atoms with Crippen molar-refractivity contribution in [1.29, 1.82) is 0 Å². The number of hydrogen-bond donors (Lipinski definition) is 1. The molecule has 0 radical (unpaired) electrons. The lowest BCUT2D eigenvalue weighted by atomic mass is 9.84. The van der Waals surface area contributed by atoms with E-state index in [4.69, 9.17) is 0 Å². The van der Waals surface area contributed by atoms with Crippen molar-refractivity contribution < 1.29 is 0 Å². The van der Waals surface area contributed by atoms with Crippen molar-refractivity contribution in [2.75, 3.05) is 6.54 Å². The topological polar surface area (TPSA) is 12.0 Å². The average Bonchev–Trinajstić information content (AvgIpc) is 2.20. The summed E-state index contributed by atoms with van der Waals surface area (Å²) in [6.45, 7) is 16.7. The number of benzene rings is 1. The molecule has 0 aliphatic heterocycles. The minimum absolute atomic E-state index is 0.195. The van der Waals surface area contributed by atoms with Crippen molar-refractivity contribution >= 4 is 0 Å². The molecule has 102 valence electrons. The smallest absolute Gasteiger partial charge is 0.00967 e.